The van der Waals surface area contributed by atoms with Crippen LogP contribution < -0.4 is 5.32 Å². The molecule has 0 bridgehead atoms. The highest BCUT2D eigenvalue weighted by molar-refractivity contribution is 5.89. The third-order valence-electron chi connectivity index (χ3n) is 3.25. The van der Waals surface area contributed by atoms with Crippen LogP contribution in [0.1, 0.15) is 13.8 Å². The number of likely N-dealkylation sites (N-methyl/N-ethyl adjacent to an activating group) is 1. The normalized spacial score (nSPS) is 11.5. The van der Waals surface area contributed by atoms with Crippen LogP contribution in [0.25, 0.3) is 10.9 Å². The molecule has 1 aromatic carbocycles. The molecule has 0 aliphatic carbocycles. The molecule has 0 aliphatic heterocycles. The minimum Gasteiger partial charge on any atom is -0.368 e. The van der Waals surface area contributed by atoms with Gasteiger partial charge in [-0.2, -0.15) is 0 Å². The van der Waals surface area contributed by atoms with E-state index in [1.165, 1.54) is 12.4 Å². The van der Waals surface area contributed by atoms with Crippen LogP contribution in [0.5, 0.6) is 0 Å². The van der Waals surface area contributed by atoms with E-state index < -0.39 is 0 Å². The van der Waals surface area contributed by atoms with E-state index in [4.69, 9.17) is 0 Å². The molecule has 0 aliphatic rings. The van der Waals surface area contributed by atoms with Crippen molar-refractivity contribution in [3.63, 3.8) is 0 Å². The first-order valence-corrected chi connectivity index (χ1v) is 6.43. The molecule has 1 N–H and O–H groups in total. The Hall–Kier alpha value is -1.75. The minimum atomic E-state index is -0.317. The number of hydrogen-bond acceptors (Lipinski definition) is 4. The Bertz CT molecular complexity index is 556. The molecule has 1 aromatic heterocycles. The van der Waals surface area contributed by atoms with Crippen LogP contribution in [-0.2, 0) is 0 Å². The monoisotopic (exact) mass is 262 g/mol. The summed E-state index contributed by atoms with van der Waals surface area (Å²) in [4.78, 5) is 10.4. The van der Waals surface area contributed by atoms with E-state index in [1.54, 1.807) is 6.07 Å². The summed E-state index contributed by atoms with van der Waals surface area (Å²) < 4.78 is 13.6. The zero-order chi connectivity index (χ0) is 13.8. The van der Waals surface area contributed by atoms with E-state index in [9.17, 15) is 4.39 Å². The topological polar surface area (TPSA) is 41.0 Å². The van der Waals surface area contributed by atoms with Gasteiger partial charge in [0.05, 0.1) is 0 Å². The molecule has 2 aromatic rings. The lowest BCUT2D eigenvalue weighted by atomic mass is 10.2. The van der Waals surface area contributed by atoms with Crippen molar-refractivity contribution in [3.8, 4) is 0 Å². The Labute approximate surface area is 112 Å². The van der Waals surface area contributed by atoms with Crippen molar-refractivity contribution in [3.05, 3.63) is 30.3 Å². The second kappa shape index (κ2) is 5.93. The molecule has 0 saturated carbocycles. The summed E-state index contributed by atoms with van der Waals surface area (Å²) in [6.07, 6.45) is 1.39. The van der Waals surface area contributed by atoms with Gasteiger partial charge in [0.15, 0.2) is 0 Å². The van der Waals surface area contributed by atoms with Crippen molar-refractivity contribution in [2.24, 2.45) is 0 Å². The molecule has 0 spiro atoms. The van der Waals surface area contributed by atoms with Crippen molar-refractivity contribution < 1.29 is 4.39 Å². The number of anilines is 1. The van der Waals surface area contributed by atoms with Gasteiger partial charge in [-0.3, -0.25) is 0 Å². The van der Waals surface area contributed by atoms with Gasteiger partial charge in [-0.15, -0.1) is 0 Å². The molecule has 0 unspecified atom stereocenters. The van der Waals surface area contributed by atoms with Gasteiger partial charge in [0.1, 0.15) is 23.5 Å². The number of halogens is 1. The highest BCUT2D eigenvalue weighted by atomic mass is 19.1. The second-order valence-electron chi connectivity index (χ2n) is 4.86. The number of nitrogens with zero attached hydrogens (tertiary/aromatic N) is 3. The van der Waals surface area contributed by atoms with Crippen LogP contribution in [-0.4, -0.2) is 41.0 Å². The van der Waals surface area contributed by atoms with Gasteiger partial charge in [-0.1, -0.05) is 6.07 Å². The molecule has 0 saturated heterocycles. The van der Waals surface area contributed by atoms with Gasteiger partial charge < -0.3 is 10.2 Å². The van der Waals surface area contributed by atoms with E-state index in [1.807, 2.05) is 6.07 Å². The molecule has 19 heavy (non-hydrogen) atoms. The standard InChI is InChI=1S/C14H19FN4/c1-10(2)19(3)8-7-16-14-11-5-4-6-12(15)13(11)17-9-18-14/h4-6,9-10H,7-8H2,1-3H3,(H,16,17,18). The van der Waals surface area contributed by atoms with Crippen LogP contribution in [0, 0.1) is 5.82 Å². The average Bonchev–Trinajstić information content (AvgIpc) is 2.39. The summed E-state index contributed by atoms with van der Waals surface area (Å²) in [5, 5.41) is 3.96. The zero-order valence-corrected chi connectivity index (χ0v) is 11.5. The molecule has 102 valence electrons. The first kappa shape index (κ1) is 13.7. The maximum absolute atomic E-state index is 13.6. The average molecular weight is 262 g/mol. The van der Waals surface area contributed by atoms with Crippen LogP contribution in [0.4, 0.5) is 10.2 Å². The van der Waals surface area contributed by atoms with Crippen molar-refractivity contribution in [2.45, 2.75) is 19.9 Å². The number of benzene rings is 1. The third kappa shape index (κ3) is 3.17. The first-order valence-electron chi connectivity index (χ1n) is 6.43. The van der Waals surface area contributed by atoms with Crippen molar-refractivity contribution in [2.75, 3.05) is 25.5 Å². The van der Waals surface area contributed by atoms with Gasteiger partial charge in [-0.05, 0) is 33.0 Å². The maximum Gasteiger partial charge on any atom is 0.149 e. The van der Waals surface area contributed by atoms with Gasteiger partial charge in [-0.25, -0.2) is 14.4 Å². The molecule has 0 amide bonds. The van der Waals surface area contributed by atoms with Gasteiger partial charge in [0, 0.05) is 24.5 Å². The lowest BCUT2D eigenvalue weighted by molar-refractivity contribution is 0.284. The second-order valence-corrected chi connectivity index (χ2v) is 4.86. The minimum absolute atomic E-state index is 0.317. The molecule has 5 heteroatoms. The molecule has 0 fully saturated rings. The van der Waals surface area contributed by atoms with Crippen molar-refractivity contribution in [1.29, 1.82) is 0 Å². The quantitative estimate of drug-likeness (QED) is 0.899. The highest BCUT2D eigenvalue weighted by Crippen LogP contribution is 2.20. The summed E-state index contributed by atoms with van der Waals surface area (Å²) >= 11 is 0. The van der Waals surface area contributed by atoms with Gasteiger partial charge >= 0.3 is 0 Å². The first-order chi connectivity index (χ1) is 9.09. The Kier molecular flexibility index (Phi) is 4.27. The van der Waals surface area contributed by atoms with E-state index in [2.05, 4.69) is 41.1 Å². The molecule has 2 rings (SSSR count). The van der Waals surface area contributed by atoms with E-state index in [0.717, 1.165) is 18.5 Å². The molecule has 0 radical (unpaired) electrons. The fraction of sp³-hybridized carbons (Fsp3) is 0.429. The van der Waals surface area contributed by atoms with Crippen LogP contribution in [0.2, 0.25) is 0 Å². The molecule has 1 heterocycles. The van der Waals surface area contributed by atoms with E-state index in [0.29, 0.717) is 17.4 Å². The van der Waals surface area contributed by atoms with Crippen LogP contribution in [0.3, 0.4) is 0 Å². The summed E-state index contributed by atoms with van der Waals surface area (Å²) in [6.45, 7) is 5.96. The van der Waals surface area contributed by atoms with E-state index in [-0.39, 0.29) is 5.82 Å². The Morgan fingerprint density at radius 1 is 1.32 bits per heavy atom. The lowest BCUT2D eigenvalue weighted by Crippen LogP contribution is -2.31. The molecule has 4 nitrogen and oxygen atoms in total. The zero-order valence-electron chi connectivity index (χ0n) is 11.5. The fourth-order valence-corrected chi connectivity index (χ4v) is 1.80. The maximum atomic E-state index is 13.6. The number of nitrogens with one attached hydrogen (secondary N) is 1. The molecular weight excluding hydrogens is 243 g/mol. The van der Waals surface area contributed by atoms with Crippen LogP contribution in [0.15, 0.2) is 24.5 Å². The lowest BCUT2D eigenvalue weighted by Gasteiger charge is -2.21. The Balaban J connectivity index is 2.11. The number of para-hydroxylation sites is 1. The number of aromatic nitrogens is 2. The molecule has 0 atom stereocenters. The number of hydrogen-bond donors (Lipinski definition) is 1. The third-order valence-corrected chi connectivity index (χ3v) is 3.25. The SMILES string of the molecule is CC(C)N(C)CCNc1ncnc2c(F)cccc12. The van der Waals surface area contributed by atoms with Crippen molar-refractivity contribution >= 4 is 16.7 Å². The summed E-state index contributed by atoms with van der Waals surface area (Å²) in [5.41, 5.74) is 0.359. The smallest absolute Gasteiger partial charge is 0.149 e. The Morgan fingerprint density at radius 2 is 2.11 bits per heavy atom. The fourth-order valence-electron chi connectivity index (χ4n) is 1.80. The summed E-state index contributed by atoms with van der Waals surface area (Å²) in [7, 11) is 2.07. The highest BCUT2D eigenvalue weighted by Gasteiger charge is 2.07. The predicted octanol–water partition coefficient (Wildman–Crippen LogP) is 2.52. The Morgan fingerprint density at radius 3 is 2.84 bits per heavy atom. The number of rotatable bonds is 5. The van der Waals surface area contributed by atoms with Gasteiger partial charge in [0.2, 0.25) is 0 Å². The van der Waals surface area contributed by atoms with Gasteiger partial charge in [0.25, 0.3) is 0 Å². The summed E-state index contributed by atoms with van der Waals surface area (Å²) in [5.74, 6) is 0.365. The summed E-state index contributed by atoms with van der Waals surface area (Å²) in [6, 6.07) is 5.41. The largest absolute Gasteiger partial charge is 0.368 e. The predicted molar refractivity (Wildman–Crippen MR) is 75.8 cm³/mol. The molecular formula is C14H19FN4. The van der Waals surface area contributed by atoms with E-state index >= 15 is 0 Å². The number of fused-ring (bicyclic) bond motifs is 1. The van der Waals surface area contributed by atoms with Crippen LogP contribution >= 0.6 is 0 Å². The van der Waals surface area contributed by atoms with Crippen molar-refractivity contribution in [1.82, 2.24) is 14.9 Å².